The number of ether oxygens (including phenoxy) is 3. The second-order valence-corrected chi connectivity index (χ2v) is 9.62. The van der Waals surface area contributed by atoms with Gasteiger partial charge in [-0.2, -0.15) is 0 Å². The Morgan fingerprint density at radius 1 is 1.15 bits per heavy atom. The van der Waals surface area contributed by atoms with Gasteiger partial charge in [0.1, 0.15) is 11.4 Å². The van der Waals surface area contributed by atoms with E-state index in [9.17, 15) is 9.59 Å². The first-order valence-corrected chi connectivity index (χ1v) is 12.4. The van der Waals surface area contributed by atoms with Gasteiger partial charge in [0, 0.05) is 23.6 Å². The second kappa shape index (κ2) is 12.0. The topological polar surface area (TPSA) is 65.1 Å². The molecule has 0 bridgehead atoms. The fourth-order valence-electron chi connectivity index (χ4n) is 3.85. The zero-order valence-corrected chi connectivity index (χ0v) is 20.4. The van der Waals surface area contributed by atoms with Crippen molar-refractivity contribution in [1.29, 1.82) is 0 Å². The molecule has 3 rings (SSSR count). The highest BCUT2D eigenvalue weighted by atomic mass is 32.2. The standard InChI is InChI=1S/C26H33NO5S/c1-4-30-24(28)14-9-16-31-21-12-8-13-22(19-21)33-17-15-27-23(26(2,3)32-25(27)29)18-20-10-6-5-7-11-20/h5-8,10-13,19,23H,4,9,14-18H2,1-3H3. The number of rotatable bonds is 12. The minimum absolute atomic E-state index is 0.0120. The van der Waals surface area contributed by atoms with Gasteiger partial charge in [0.15, 0.2) is 0 Å². The van der Waals surface area contributed by atoms with Gasteiger partial charge in [-0.25, -0.2) is 4.79 Å². The van der Waals surface area contributed by atoms with Gasteiger partial charge in [-0.05, 0) is 57.4 Å². The zero-order valence-electron chi connectivity index (χ0n) is 19.6. The summed E-state index contributed by atoms with van der Waals surface area (Å²) in [6.07, 6.45) is 1.49. The minimum atomic E-state index is -0.533. The smallest absolute Gasteiger partial charge is 0.410 e. The molecule has 0 aromatic heterocycles. The Balaban J connectivity index is 1.50. The van der Waals surface area contributed by atoms with Crippen LogP contribution < -0.4 is 4.74 Å². The third-order valence-electron chi connectivity index (χ3n) is 5.54. The van der Waals surface area contributed by atoms with Gasteiger partial charge >= 0.3 is 12.1 Å². The first-order chi connectivity index (χ1) is 15.9. The number of carbonyl (C=O) groups is 2. The lowest BCUT2D eigenvalue weighted by Gasteiger charge is -2.29. The van der Waals surface area contributed by atoms with Crippen molar-refractivity contribution in [2.75, 3.05) is 25.5 Å². The largest absolute Gasteiger partial charge is 0.494 e. The molecule has 1 aliphatic rings. The quantitative estimate of drug-likeness (QED) is 0.236. The van der Waals surface area contributed by atoms with E-state index in [1.165, 1.54) is 5.56 Å². The molecule has 1 fully saturated rings. The maximum atomic E-state index is 12.6. The van der Waals surface area contributed by atoms with Crippen molar-refractivity contribution in [3.05, 3.63) is 60.2 Å². The molecule has 0 saturated carbocycles. The average molecular weight is 472 g/mol. The van der Waals surface area contributed by atoms with Crippen LogP contribution in [-0.4, -0.2) is 54.1 Å². The van der Waals surface area contributed by atoms with E-state index in [-0.39, 0.29) is 18.1 Å². The highest BCUT2D eigenvalue weighted by molar-refractivity contribution is 7.99. The van der Waals surface area contributed by atoms with Crippen LogP contribution in [0.25, 0.3) is 0 Å². The number of cyclic esters (lactones) is 1. The van der Waals surface area contributed by atoms with Crippen LogP contribution in [0.4, 0.5) is 4.79 Å². The van der Waals surface area contributed by atoms with Crippen molar-refractivity contribution in [1.82, 2.24) is 4.90 Å². The lowest BCUT2D eigenvalue weighted by Crippen LogP contribution is -2.44. The SMILES string of the molecule is CCOC(=O)CCCOc1cccc(SCCN2C(=O)OC(C)(C)C2Cc2ccccc2)c1. The average Bonchev–Trinajstić information content (AvgIpc) is 3.00. The summed E-state index contributed by atoms with van der Waals surface area (Å²) in [7, 11) is 0. The lowest BCUT2D eigenvalue weighted by atomic mass is 9.92. The fourth-order valence-corrected chi connectivity index (χ4v) is 4.75. The normalized spacial score (nSPS) is 17.0. The van der Waals surface area contributed by atoms with Crippen molar-refractivity contribution >= 4 is 23.8 Å². The first-order valence-electron chi connectivity index (χ1n) is 11.4. The van der Waals surface area contributed by atoms with Gasteiger partial charge in [-0.3, -0.25) is 4.79 Å². The molecule has 1 amide bonds. The molecule has 33 heavy (non-hydrogen) atoms. The van der Waals surface area contributed by atoms with E-state index in [0.717, 1.165) is 22.8 Å². The Morgan fingerprint density at radius 2 is 1.94 bits per heavy atom. The minimum Gasteiger partial charge on any atom is -0.494 e. The van der Waals surface area contributed by atoms with E-state index >= 15 is 0 Å². The van der Waals surface area contributed by atoms with Crippen LogP contribution in [0.5, 0.6) is 5.75 Å². The van der Waals surface area contributed by atoms with Crippen LogP contribution in [0.15, 0.2) is 59.5 Å². The third kappa shape index (κ3) is 7.42. The van der Waals surface area contributed by atoms with E-state index in [1.807, 2.05) is 61.2 Å². The van der Waals surface area contributed by atoms with Gasteiger partial charge < -0.3 is 19.1 Å². The number of benzene rings is 2. The molecule has 178 valence electrons. The number of carbonyl (C=O) groups excluding carboxylic acids is 2. The van der Waals surface area contributed by atoms with Gasteiger partial charge in [-0.1, -0.05) is 36.4 Å². The highest BCUT2D eigenvalue weighted by Crippen LogP contribution is 2.32. The summed E-state index contributed by atoms with van der Waals surface area (Å²) >= 11 is 1.68. The molecular formula is C26H33NO5S. The van der Waals surface area contributed by atoms with Crippen LogP contribution in [0.1, 0.15) is 39.2 Å². The second-order valence-electron chi connectivity index (χ2n) is 8.45. The van der Waals surface area contributed by atoms with E-state index in [4.69, 9.17) is 14.2 Å². The highest BCUT2D eigenvalue weighted by Gasteiger charge is 2.47. The van der Waals surface area contributed by atoms with Crippen molar-refractivity contribution in [2.45, 2.75) is 56.6 Å². The summed E-state index contributed by atoms with van der Waals surface area (Å²) in [5.41, 5.74) is 0.661. The molecule has 2 aromatic rings. The summed E-state index contributed by atoms with van der Waals surface area (Å²) in [6.45, 7) is 7.23. The Bertz CT molecular complexity index is 918. The van der Waals surface area contributed by atoms with E-state index in [2.05, 4.69) is 12.1 Å². The molecule has 0 N–H and O–H groups in total. The Morgan fingerprint density at radius 3 is 2.70 bits per heavy atom. The van der Waals surface area contributed by atoms with E-state index in [1.54, 1.807) is 18.7 Å². The molecule has 6 nitrogen and oxygen atoms in total. The molecule has 1 aliphatic heterocycles. The Labute approximate surface area is 200 Å². The number of esters is 1. The third-order valence-corrected chi connectivity index (χ3v) is 6.52. The van der Waals surface area contributed by atoms with Crippen molar-refractivity contribution in [3.63, 3.8) is 0 Å². The maximum absolute atomic E-state index is 12.6. The molecule has 1 saturated heterocycles. The predicted molar refractivity (Wildman–Crippen MR) is 130 cm³/mol. The summed E-state index contributed by atoms with van der Waals surface area (Å²) < 4.78 is 16.4. The van der Waals surface area contributed by atoms with Gasteiger partial charge in [-0.15, -0.1) is 11.8 Å². The monoisotopic (exact) mass is 471 g/mol. The molecular weight excluding hydrogens is 438 g/mol. The molecule has 0 radical (unpaired) electrons. The van der Waals surface area contributed by atoms with E-state index < -0.39 is 5.60 Å². The van der Waals surface area contributed by atoms with E-state index in [0.29, 0.717) is 32.6 Å². The Kier molecular flexibility index (Phi) is 9.06. The molecule has 1 unspecified atom stereocenters. The molecule has 0 spiro atoms. The number of thioether (sulfide) groups is 1. The molecule has 7 heteroatoms. The van der Waals surface area contributed by atoms with Crippen LogP contribution in [-0.2, 0) is 20.7 Å². The lowest BCUT2D eigenvalue weighted by molar-refractivity contribution is -0.143. The summed E-state index contributed by atoms with van der Waals surface area (Å²) in [6, 6.07) is 18.1. The fraction of sp³-hybridized carbons (Fsp3) is 0.462. The zero-order chi connectivity index (χ0) is 23.7. The predicted octanol–water partition coefficient (Wildman–Crippen LogP) is 5.34. The molecule has 2 aromatic carbocycles. The van der Waals surface area contributed by atoms with Gasteiger partial charge in [0.25, 0.3) is 0 Å². The number of nitrogens with zero attached hydrogens (tertiary/aromatic N) is 1. The van der Waals surface area contributed by atoms with Crippen LogP contribution in [0, 0.1) is 0 Å². The molecule has 1 atom stereocenters. The summed E-state index contributed by atoms with van der Waals surface area (Å²) in [4.78, 5) is 26.9. The van der Waals surface area contributed by atoms with Crippen LogP contribution in [0.2, 0.25) is 0 Å². The Hall–Kier alpha value is -2.67. The van der Waals surface area contributed by atoms with Crippen LogP contribution >= 0.6 is 11.8 Å². The summed E-state index contributed by atoms with van der Waals surface area (Å²) in [5.74, 6) is 1.33. The molecule has 0 aliphatic carbocycles. The van der Waals surface area contributed by atoms with Gasteiger partial charge in [0.05, 0.1) is 19.3 Å². The van der Waals surface area contributed by atoms with Crippen molar-refractivity contribution in [2.24, 2.45) is 0 Å². The first kappa shape index (κ1) is 25.0. The van der Waals surface area contributed by atoms with Crippen molar-refractivity contribution in [3.8, 4) is 5.75 Å². The number of amides is 1. The number of hydrogen-bond acceptors (Lipinski definition) is 6. The maximum Gasteiger partial charge on any atom is 0.410 e. The molecule has 1 heterocycles. The van der Waals surface area contributed by atoms with Crippen LogP contribution in [0.3, 0.4) is 0 Å². The van der Waals surface area contributed by atoms with Gasteiger partial charge in [0.2, 0.25) is 0 Å². The number of hydrogen-bond donors (Lipinski definition) is 0. The van der Waals surface area contributed by atoms with Crippen molar-refractivity contribution < 1.29 is 23.8 Å². The summed E-state index contributed by atoms with van der Waals surface area (Å²) in [5, 5.41) is 0.